The van der Waals surface area contributed by atoms with Gasteiger partial charge < -0.3 is 10.6 Å². The van der Waals surface area contributed by atoms with Crippen LogP contribution in [0.15, 0.2) is 30.3 Å². The van der Waals surface area contributed by atoms with E-state index in [4.69, 9.17) is 0 Å². The number of nitrogens with zero attached hydrogens (tertiary/aromatic N) is 2. The molecule has 2 N–H and O–H groups in total. The minimum atomic E-state index is -0.239. The summed E-state index contributed by atoms with van der Waals surface area (Å²) in [4.78, 5) is 21.0. The fourth-order valence-electron chi connectivity index (χ4n) is 3.06. The van der Waals surface area contributed by atoms with Gasteiger partial charge in [0.05, 0.1) is 0 Å². The van der Waals surface area contributed by atoms with Gasteiger partial charge in [0.1, 0.15) is 11.5 Å². The third-order valence-corrected chi connectivity index (χ3v) is 4.39. The van der Waals surface area contributed by atoms with Gasteiger partial charge in [0, 0.05) is 18.3 Å². The van der Waals surface area contributed by atoms with Crippen molar-refractivity contribution in [3.8, 4) is 0 Å². The first-order valence-electron chi connectivity index (χ1n) is 8.75. The number of benzene rings is 1. The summed E-state index contributed by atoms with van der Waals surface area (Å²) in [5, 5.41) is 6.19. The van der Waals surface area contributed by atoms with E-state index in [2.05, 4.69) is 20.6 Å². The molecule has 0 aliphatic heterocycles. The van der Waals surface area contributed by atoms with Gasteiger partial charge >= 0.3 is 0 Å². The number of amides is 1. The van der Waals surface area contributed by atoms with Gasteiger partial charge in [-0.25, -0.2) is 14.4 Å². The normalized spacial score (nSPS) is 14.5. The van der Waals surface area contributed by atoms with Gasteiger partial charge in [0.2, 0.25) is 5.95 Å². The minimum absolute atomic E-state index is 0.140. The molecule has 2 aromatic rings. The van der Waals surface area contributed by atoms with Crippen LogP contribution in [0.2, 0.25) is 0 Å². The zero-order valence-electron chi connectivity index (χ0n) is 14.4. The van der Waals surface area contributed by atoms with Crippen LogP contribution in [-0.2, 0) is 6.42 Å². The lowest BCUT2D eigenvalue weighted by Crippen LogP contribution is -2.33. The second-order valence-corrected chi connectivity index (χ2v) is 6.48. The van der Waals surface area contributed by atoms with Gasteiger partial charge in [0.15, 0.2) is 0 Å². The van der Waals surface area contributed by atoms with Gasteiger partial charge in [0.25, 0.3) is 5.91 Å². The molecule has 6 heteroatoms. The summed E-state index contributed by atoms with van der Waals surface area (Å²) in [5.41, 5.74) is 2.17. The fraction of sp³-hybridized carbons (Fsp3) is 0.421. The summed E-state index contributed by atoms with van der Waals surface area (Å²) in [5.74, 6) is 0.0642. The summed E-state index contributed by atoms with van der Waals surface area (Å²) in [6.45, 7) is 2.46. The summed E-state index contributed by atoms with van der Waals surface area (Å²) < 4.78 is 12.9. The van der Waals surface area contributed by atoms with E-state index < -0.39 is 0 Å². The first kappa shape index (κ1) is 17.3. The van der Waals surface area contributed by atoms with E-state index in [1.165, 1.54) is 25.0 Å². The highest BCUT2D eigenvalue weighted by Crippen LogP contribution is 2.18. The van der Waals surface area contributed by atoms with Crippen LogP contribution in [0.25, 0.3) is 0 Å². The molecule has 1 heterocycles. The van der Waals surface area contributed by atoms with Crippen molar-refractivity contribution in [1.82, 2.24) is 15.3 Å². The Bertz CT molecular complexity index is 727. The molecule has 0 bridgehead atoms. The fourth-order valence-corrected chi connectivity index (χ4v) is 3.06. The lowest BCUT2D eigenvalue weighted by molar-refractivity contribution is 0.0932. The Hall–Kier alpha value is -2.50. The van der Waals surface area contributed by atoms with Gasteiger partial charge in [-0.1, -0.05) is 25.0 Å². The van der Waals surface area contributed by atoms with Crippen LogP contribution >= 0.6 is 0 Å². The van der Waals surface area contributed by atoms with E-state index in [1.54, 1.807) is 18.2 Å². The third kappa shape index (κ3) is 4.98. The van der Waals surface area contributed by atoms with E-state index >= 15 is 0 Å². The predicted molar refractivity (Wildman–Crippen MR) is 95.1 cm³/mol. The van der Waals surface area contributed by atoms with Crippen LogP contribution in [0.3, 0.4) is 0 Å². The van der Waals surface area contributed by atoms with E-state index in [9.17, 15) is 9.18 Å². The smallest absolute Gasteiger partial charge is 0.270 e. The summed E-state index contributed by atoms with van der Waals surface area (Å²) in [7, 11) is 0. The molecule has 0 atom stereocenters. The Morgan fingerprint density at radius 1 is 1.20 bits per heavy atom. The molecule has 132 valence electrons. The number of rotatable bonds is 6. The van der Waals surface area contributed by atoms with E-state index in [0.29, 0.717) is 18.2 Å². The van der Waals surface area contributed by atoms with E-state index in [0.717, 1.165) is 30.5 Å². The maximum absolute atomic E-state index is 12.9. The maximum Gasteiger partial charge on any atom is 0.270 e. The molecule has 0 radical (unpaired) electrons. The van der Waals surface area contributed by atoms with Crippen molar-refractivity contribution in [3.63, 3.8) is 0 Å². The van der Waals surface area contributed by atoms with Gasteiger partial charge in [-0.15, -0.1) is 0 Å². The zero-order valence-corrected chi connectivity index (χ0v) is 14.4. The highest BCUT2D eigenvalue weighted by atomic mass is 19.1. The second-order valence-electron chi connectivity index (χ2n) is 6.48. The van der Waals surface area contributed by atoms with Crippen molar-refractivity contribution in [2.45, 2.75) is 45.1 Å². The molecule has 0 saturated heterocycles. The number of aromatic nitrogens is 2. The predicted octanol–water partition coefficient (Wildman–Crippen LogP) is 3.25. The summed E-state index contributed by atoms with van der Waals surface area (Å²) in [6.07, 6.45) is 5.15. The molecular formula is C19H23FN4O. The largest absolute Gasteiger partial charge is 0.354 e. The number of hydrogen-bond acceptors (Lipinski definition) is 4. The van der Waals surface area contributed by atoms with Crippen LogP contribution in [0.5, 0.6) is 0 Å². The van der Waals surface area contributed by atoms with Crippen molar-refractivity contribution in [2.75, 3.05) is 11.9 Å². The highest BCUT2D eigenvalue weighted by molar-refractivity contribution is 5.92. The second kappa shape index (κ2) is 8.05. The molecule has 1 fully saturated rings. The molecule has 1 amide bonds. The zero-order chi connectivity index (χ0) is 17.6. The molecule has 0 unspecified atom stereocenters. The molecule has 1 saturated carbocycles. The molecule has 1 aliphatic carbocycles. The monoisotopic (exact) mass is 342 g/mol. The van der Waals surface area contributed by atoms with Crippen molar-refractivity contribution in [2.24, 2.45) is 0 Å². The Morgan fingerprint density at radius 2 is 1.92 bits per heavy atom. The maximum atomic E-state index is 12.9. The van der Waals surface area contributed by atoms with E-state index in [-0.39, 0.29) is 17.8 Å². The van der Waals surface area contributed by atoms with Crippen LogP contribution in [0.1, 0.15) is 47.4 Å². The number of hydrogen-bond donors (Lipinski definition) is 2. The number of halogens is 1. The molecule has 1 aromatic carbocycles. The first-order chi connectivity index (χ1) is 12.1. The molecule has 1 aromatic heterocycles. The van der Waals surface area contributed by atoms with Crippen molar-refractivity contribution in [3.05, 3.63) is 53.1 Å². The Kier molecular flexibility index (Phi) is 5.58. The molecule has 3 rings (SSSR count). The quantitative estimate of drug-likeness (QED) is 0.846. The Labute approximate surface area is 147 Å². The van der Waals surface area contributed by atoms with Gasteiger partial charge in [-0.05, 0) is 49.9 Å². The number of carbonyl (C=O) groups excluding carboxylic acids is 1. The Morgan fingerprint density at radius 3 is 2.64 bits per heavy atom. The van der Waals surface area contributed by atoms with E-state index in [1.807, 2.05) is 6.92 Å². The molecule has 0 spiro atoms. The first-order valence-corrected chi connectivity index (χ1v) is 8.75. The Balaban J connectivity index is 1.58. The summed E-state index contributed by atoms with van der Waals surface area (Å²) >= 11 is 0. The topological polar surface area (TPSA) is 66.9 Å². The van der Waals surface area contributed by atoms with Crippen LogP contribution in [0.4, 0.5) is 10.3 Å². The number of anilines is 1. The standard InChI is InChI=1S/C19H23FN4O/c1-13-12-17(18(25)23-16-4-2-3-5-16)24-19(22-13)21-11-10-14-6-8-15(20)9-7-14/h6-9,12,16H,2-5,10-11H2,1H3,(H,23,25)(H,21,22,24). The van der Waals surface area contributed by atoms with Gasteiger partial charge in [-0.3, -0.25) is 4.79 Å². The average Bonchev–Trinajstić information content (AvgIpc) is 3.09. The highest BCUT2D eigenvalue weighted by Gasteiger charge is 2.19. The number of nitrogens with one attached hydrogen (secondary N) is 2. The average molecular weight is 342 g/mol. The SMILES string of the molecule is Cc1cc(C(=O)NC2CCCC2)nc(NCCc2ccc(F)cc2)n1. The lowest BCUT2D eigenvalue weighted by Gasteiger charge is -2.12. The molecule has 1 aliphatic rings. The van der Waals surface area contributed by atoms with Crippen LogP contribution < -0.4 is 10.6 Å². The van der Waals surface area contributed by atoms with Crippen molar-refractivity contribution in [1.29, 1.82) is 0 Å². The molecule has 5 nitrogen and oxygen atoms in total. The van der Waals surface area contributed by atoms with Crippen LogP contribution in [-0.4, -0.2) is 28.5 Å². The number of aryl methyl sites for hydroxylation is 1. The van der Waals surface area contributed by atoms with Crippen molar-refractivity contribution < 1.29 is 9.18 Å². The van der Waals surface area contributed by atoms with Crippen molar-refractivity contribution >= 4 is 11.9 Å². The lowest BCUT2D eigenvalue weighted by atomic mass is 10.1. The molecule has 25 heavy (non-hydrogen) atoms. The third-order valence-electron chi connectivity index (χ3n) is 4.39. The minimum Gasteiger partial charge on any atom is -0.354 e. The van der Waals surface area contributed by atoms with Crippen LogP contribution in [0, 0.1) is 12.7 Å². The molecular weight excluding hydrogens is 319 g/mol. The number of carbonyl (C=O) groups is 1. The van der Waals surface area contributed by atoms with Gasteiger partial charge in [-0.2, -0.15) is 0 Å². The summed E-state index contributed by atoms with van der Waals surface area (Å²) in [6, 6.07) is 8.38.